The second kappa shape index (κ2) is 4.47. The Kier molecular flexibility index (Phi) is 3.54. The lowest BCUT2D eigenvalue weighted by atomic mass is 10.1. The molecule has 0 saturated heterocycles. The second-order valence-electron chi connectivity index (χ2n) is 3.21. The number of hydrogen-bond acceptors (Lipinski definition) is 3. The molecular weight excluding hydrogens is 190 g/mol. The molecule has 0 amide bonds. The first-order valence-electron chi connectivity index (χ1n) is 4.28. The van der Waals surface area contributed by atoms with Crippen LogP contribution in [0.2, 0.25) is 0 Å². The van der Waals surface area contributed by atoms with Gasteiger partial charge in [0.2, 0.25) is 0 Å². The van der Waals surface area contributed by atoms with Crippen LogP contribution in [0.5, 0.6) is 0 Å². The van der Waals surface area contributed by atoms with Crippen molar-refractivity contribution in [1.82, 2.24) is 15.2 Å². The molecule has 0 saturated carbocycles. The highest BCUT2D eigenvalue weighted by Crippen LogP contribution is 2.09. The van der Waals surface area contributed by atoms with Crippen molar-refractivity contribution in [3.8, 4) is 0 Å². The Morgan fingerprint density at radius 1 is 1.64 bits per heavy atom. The molecule has 0 spiro atoms. The molecule has 80 valence electrons. The first-order chi connectivity index (χ1) is 6.54. The zero-order valence-electron chi connectivity index (χ0n) is 8.17. The van der Waals surface area contributed by atoms with Crippen LogP contribution < -0.4 is 11.3 Å². The van der Waals surface area contributed by atoms with Crippen LogP contribution in [0.3, 0.4) is 0 Å². The fraction of sp³-hybridized carbons (Fsp3) is 0.625. The molecule has 1 atom stereocenters. The molecule has 0 aliphatic heterocycles. The van der Waals surface area contributed by atoms with E-state index in [4.69, 9.17) is 5.84 Å². The highest BCUT2D eigenvalue weighted by molar-refractivity contribution is 5.10. The summed E-state index contributed by atoms with van der Waals surface area (Å²) in [6, 6.07) is 0.747. The summed E-state index contributed by atoms with van der Waals surface area (Å²) >= 11 is 0. The van der Waals surface area contributed by atoms with Crippen LogP contribution in [0.4, 0.5) is 8.78 Å². The molecule has 0 aromatic carbocycles. The maximum absolute atomic E-state index is 12.4. The van der Waals surface area contributed by atoms with Crippen molar-refractivity contribution in [2.75, 3.05) is 0 Å². The summed E-state index contributed by atoms with van der Waals surface area (Å²) in [4.78, 5) is 0. The maximum Gasteiger partial charge on any atom is 0.255 e. The summed E-state index contributed by atoms with van der Waals surface area (Å²) in [7, 11) is 1.72. The third-order valence-corrected chi connectivity index (χ3v) is 2.05. The van der Waals surface area contributed by atoms with Gasteiger partial charge in [-0.2, -0.15) is 5.10 Å². The van der Waals surface area contributed by atoms with Crippen molar-refractivity contribution < 1.29 is 8.78 Å². The smallest absolute Gasteiger partial charge is 0.255 e. The first-order valence-corrected chi connectivity index (χ1v) is 4.28. The number of alkyl halides is 2. The number of rotatable bonds is 4. The normalized spacial score (nSPS) is 13.6. The summed E-state index contributed by atoms with van der Waals surface area (Å²) in [5.41, 5.74) is 3.65. The minimum atomic E-state index is -2.48. The summed E-state index contributed by atoms with van der Waals surface area (Å²) in [6.45, 7) is 1.82. The number of nitrogens with two attached hydrogens (primary N) is 1. The van der Waals surface area contributed by atoms with Gasteiger partial charge in [0, 0.05) is 19.2 Å². The molecule has 1 heterocycles. The number of aryl methyl sites for hydroxylation is 2. The molecule has 14 heavy (non-hydrogen) atoms. The summed E-state index contributed by atoms with van der Waals surface area (Å²) in [5.74, 6) is 5.02. The average Bonchev–Trinajstić information content (AvgIpc) is 2.40. The van der Waals surface area contributed by atoms with E-state index in [1.54, 1.807) is 17.8 Å². The van der Waals surface area contributed by atoms with Gasteiger partial charge in [0.15, 0.2) is 0 Å². The molecule has 0 radical (unpaired) electrons. The largest absolute Gasteiger partial charge is 0.272 e. The highest BCUT2D eigenvalue weighted by Gasteiger charge is 2.20. The van der Waals surface area contributed by atoms with Gasteiger partial charge in [-0.25, -0.2) is 8.78 Å². The van der Waals surface area contributed by atoms with Crippen LogP contribution in [-0.2, 0) is 13.5 Å². The first kappa shape index (κ1) is 11.1. The Hall–Kier alpha value is -1.01. The van der Waals surface area contributed by atoms with E-state index in [1.807, 2.05) is 6.92 Å². The van der Waals surface area contributed by atoms with Gasteiger partial charge in [0.25, 0.3) is 6.43 Å². The van der Waals surface area contributed by atoms with Gasteiger partial charge in [-0.1, -0.05) is 0 Å². The van der Waals surface area contributed by atoms with E-state index in [-0.39, 0.29) is 6.42 Å². The standard InChI is InChI=1S/C8H14F2N4/c1-5-3-6(14(2)13-5)4-7(12-11)8(9)10/h3,7-8,12H,4,11H2,1-2H3. The molecule has 3 N–H and O–H groups in total. The number of aromatic nitrogens is 2. The molecule has 0 bridgehead atoms. The summed E-state index contributed by atoms with van der Waals surface area (Å²) in [6.07, 6.45) is -2.30. The average molecular weight is 204 g/mol. The van der Waals surface area contributed by atoms with Crippen molar-refractivity contribution in [3.63, 3.8) is 0 Å². The number of nitrogens with one attached hydrogen (secondary N) is 1. The summed E-state index contributed by atoms with van der Waals surface area (Å²) in [5, 5.41) is 4.06. The highest BCUT2D eigenvalue weighted by atomic mass is 19.3. The van der Waals surface area contributed by atoms with Crippen LogP contribution in [0.1, 0.15) is 11.4 Å². The number of halogens is 2. The van der Waals surface area contributed by atoms with E-state index in [1.165, 1.54) is 0 Å². The van der Waals surface area contributed by atoms with Crippen LogP contribution in [0.15, 0.2) is 6.07 Å². The topological polar surface area (TPSA) is 55.9 Å². The molecule has 0 fully saturated rings. The van der Waals surface area contributed by atoms with Gasteiger partial charge < -0.3 is 0 Å². The van der Waals surface area contributed by atoms with E-state index >= 15 is 0 Å². The van der Waals surface area contributed by atoms with Gasteiger partial charge in [0.1, 0.15) is 0 Å². The Labute approximate surface area is 81.1 Å². The maximum atomic E-state index is 12.4. The van der Waals surface area contributed by atoms with Crippen molar-refractivity contribution in [2.45, 2.75) is 25.8 Å². The van der Waals surface area contributed by atoms with Crippen molar-refractivity contribution in [3.05, 3.63) is 17.5 Å². The molecule has 1 rings (SSSR count). The quantitative estimate of drug-likeness (QED) is 0.550. The van der Waals surface area contributed by atoms with E-state index in [0.717, 1.165) is 11.4 Å². The molecule has 1 aromatic heterocycles. The SMILES string of the molecule is Cc1cc(CC(NN)C(F)F)n(C)n1. The molecule has 4 nitrogen and oxygen atoms in total. The minimum Gasteiger partial charge on any atom is -0.272 e. The lowest BCUT2D eigenvalue weighted by molar-refractivity contribution is 0.0975. The Bertz CT molecular complexity index is 298. The van der Waals surface area contributed by atoms with Crippen molar-refractivity contribution in [2.24, 2.45) is 12.9 Å². The van der Waals surface area contributed by atoms with E-state index < -0.39 is 12.5 Å². The van der Waals surface area contributed by atoms with E-state index in [2.05, 4.69) is 10.5 Å². The molecule has 0 aliphatic rings. The number of hydrogen-bond donors (Lipinski definition) is 2. The zero-order valence-corrected chi connectivity index (χ0v) is 8.17. The minimum absolute atomic E-state index is 0.172. The fourth-order valence-corrected chi connectivity index (χ4v) is 1.30. The van der Waals surface area contributed by atoms with E-state index in [9.17, 15) is 8.78 Å². The van der Waals surface area contributed by atoms with Crippen molar-refractivity contribution in [1.29, 1.82) is 0 Å². The van der Waals surface area contributed by atoms with Gasteiger partial charge in [0.05, 0.1) is 11.7 Å². The molecule has 6 heteroatoms. The predicted molar refractivity (Wildman–Crippen MR) is 48.8 cm³/mol. The molecule has 0 aliphatic carbocycles. The van der Waals surface area contributed by atoms with Gasteiger partial charge in [-0.3, -0.25) is 16.0 Å². The molecular formula is C8H14F2N4. The van der Waals surface area contributed by atoms with Crippen LogP contribution in [0, 0.1) is 6.92 Å². The Morgan fingerprint density at radius 2 is 2.29 bits per heavy atom. The number of hydrazine groups is 1. The fourth-order valence-electron chi connectivity index (χ4n) is 1.30. The van der Waals surface area contributed by atoms with E-state index in [0.29, 0.717) is 0 Å². The van der Waals surface area contributed by atoms with Crippen molar-refractivity contribution >= 4 is 0 Å². The third kappa shape index (κ3) is 2.49. The van der Waals surface area contributed by atoms with Crippen LogP contribution >= 0.6 is 0 Å². The second-order valence-corrected chi connectivity index (χ2v) is 3.21. The molecule has 1 unspecified atom stereocenters. The summed E-state index contributed by atoms with van der Waals surface area (Å²) < 4.78 is 26.3. The Morgan fingerprint density at radius 3 is 2.64 bits per heavy atom. The lowest BCUT2D eigenvalue weighted by Crippen LogP contribution is -2.42. The Balaban J connectivity index is 2.71. The zero-order chi connectivity index (χ0) is 10.7. The van der Waals surface area contributed by atoms with Crippen LogP contribution in [0.25, 0.3) is 0 Å². The third-order valence-electron chi connectivity index (χ3n) is 2.05. The lowest BCUT2D eigenvalue weighted by Gasteiger charge is -2.14. The number of nitrogens with zero attached hydrogens (tertiary/aromatic N) is 2. The van der Waals surface area contributed by atoms with Gasteiger partial charge in [-0.15, -0.1) is 0 Å². The predicted octanol–water partition coefficient (Wildman–Crippen LogP) is 0.368. The van der Waals surface area contributed by atoms with Gasteiger partial charge in [-0.05, 0) is 13.0 Å². The molecule has 1 aromatic rings. The van der Waals surface area contributed by atoms with Gasteiger partial charge >= 0.3 is 0 Å². The monoisotopic (exact) mass is 204 g/mol. The van der Waals surface area contributed by atoms with Crippen LogP contribution in [-0.4, -0.2) is 22.2 Å².